The van der Waals surface area contributed by atoms with Crippen molar-refractivity contribution in [2.24, 2.45) is 0 Å². The van der Waals surface area contributed by atoms with Gasteiger partial charge in [-0.3, -0.25) is 0 Å². The van der Waals surface area contributed by atoms with Crippen LogP contribution in [0.2, 0.25) is 5.02 Å². The Labute approximate surface area is 122 Å². The van der Waals surface area contributed by atoms with Gasteiger partial charge in [0.1, 0.15) is 10.8 Å². The molecule has 0 aliphatic rings. The zero-order chi connectivity index (χ0) is 14.5. The lowest BCUT2D eigenvalue weighted by Gasteiger charge is -2.11. The second kappa shape index (κ2) is 6.52. The standard InChI is InChI=1S/C14H16ClFN4/c1-3-6-17-14-18-8-11(15)13(20-14)19-12-5-4-10(16)7-9(12)2/h4-5,7-8H,3,6H2,1-2H3,(H2,17,18,19,20). The van der Waals surface area contributed by atoms with E-state index in [0.717, 1.165) is 24.2 Å². The molecular weight excluding hydrogens is 279 g/mol. The van der Waals surface area contributed by atoms with Crippen LogP contribution in [0.25, 0.3) is 0 Å². The molecule has 0 spiro atoms. The van der Waals surface area contributed by atoms with Crippen LogP contribution in [-0.4, -0.2) is 16.5 Å². The van der Waals surface area contributed by atoms with E-state index in [1.165, 1.54) is 18.3 Å². The van der Waals surface area contributed by atoms with Crippen LogP contribution in [0.5, 0.6) is 0 Å². The third-order valence-corrected chi connectivity index (χ3v) is 3.00. The summed E-state index contributed by atoms with van der Waals surface area (Å²) in [4.78, 5) is 8.41. The molecule has 6 heteroatoms. The largest absolute Gasteiger partial charge is 0.354 e. The number of nitrogens with one attached hydrogen (secondary N) is 2. The molecule has 0 amide bonds. The number of nitrogens with zero attached hydrogens (tertiary/aromatic N) is 2. The van der Waals surface area contributed by atoms with E-state index in [9.17, 15) is 4.39 Å². The molecule has 4 nitrogen and oxygen atoms in total. The average molecular weight is 295 g/mol. The molecule has 0 unspecified atom stereocenters. The molecule has 2 N–H and O–H groups in total. The van der Waals surface area contributed by atoms with Crippen molar-refractivity contribution in [2.75, 3.05) is 17.2 Å². The molecule has 1 aromatic heterocycles. The number of halogens is 2. The first-order valence-electron chi connectivity index (χ1n) is 6.39. The van der Waals surface area contributed by atoms with Crippen LogP contribution in [0.1, 0.15) is 18.9 Å². The van der Waals surface area contributed by atoms with Gasteiger partial charge in [-0.15, -0.1) is 0 Å². The maximum atomic E-state index is 13.1. The summed E-state index contributed by atoms with van der Waals surface area (Å²) in [7, 11) is 0. The van der Waals surface area contributed by atoms with Crippen LogP contribution in [0.4, 0.5) is 21.8 Å². The highest BCUT2D eigenvalue weighted by Gasteiger charge is 2.07. The van der Waals surface area contributed by atoms with Gasteiger partial charge in [0.05, 0.1) is 6.20 Å². The lowest BCUT2D eigenvalue weighted by molar-refractivity contribution is 0.627. The van der Waals surface area contributed by atoms with Crippen LogP contribution < -0.4 is 10.6 Å². The Morgan fingerprint density at radius 2 is 2.15 bits per heavy atom. The highest BCUT2D eigenvalue weighted by Crippen LogP contribution is 2.25. The van der Waals surface area contributed by atoms with Crippen LogP contribution in [-0.2, 0) is 0 Å². The molecule has 0 atom stereocenters. The van der Waals surface area contributed by atoms with Gasteiger partial charge in [-0.25, -0.2) is 9.37 Å². The predicted molar refractivity (Wildman–Crippen MR) is 80.2 cm³/mol. The number of benzene rings is 1. The molecule has 0 radical (unpaired) electrons. The molecule has 20 heavy (non-hydrogen) atoms. The van der Waals surface area contributed by atoms with Gasteiger partial charge in [0.2, 0.25) is 5.95 Å². The first-order valence-corrected chi connectivity index (χ1v) is 6.77. The predicted octanol–water partition coefficient (Wildman–Crippen LogP) is 4.14. The summed E-state index contributed by atoms with van der Waals surface area (Å²) in [5, 5.41) is 6.60. The second-order valence-corrected chi connectivity index (χ2v) is 4.81. The van der Waals surface area contributed by atoms with Crippen LogP contribution in [0.15, 0.2) is 24.4 Å². The van der Waals surface area contributed by atoms with Crippen LogP contribution in [0.3, 0.4) is 0 Å². The maximum absolute atomic E-state index is 13.1. The van der Waals surface area contributed by atoms with Crippen molar-refractivity contribution in [1.29, 1.82) is 0 Å². The molecule has 0 aliphatic carbocycles. The molecule has 0 aliphatic heterocycles. The fourth-order valence-electron chi connectivity index (χ4n) is 1.67. The Morgan fingerprint density at radius 3 is 2.85 bits per heavy atom. The molecule has 0 bridgehead atoms. The van der Waals surface area contributed by atoms with Gasteiger partial charge in [-0.1, -0.05) is 18.5 Å². The van der Waals surface area contributed by atoms with Gasteiger partial charge in [-0.05, 0) is 37.1 Å². The van der Waals surface area contributed by atoms with Gasteiger partial charge < -0.3 is 10.6 Å². The maximum Gasteiger partial charge on any atom is 0.224 e. The molecule has 2 aromatic rings. The van der Waals surface area contributed by atoms with Gasteiger partial charge in [0, 0.05) is 12.2 Å². The first kappa shape index (κ1) is 14.5. The van der Waals surface area contributed by atoms with E-state index in [4.69, 9.17) is 11.6 Å². The summed E-state index contributed by atoms with van der Waals surface area (Å²) in [5.41, 5.74) is 1.54. The molecule has 2 rings (SSSR count). The van der Waals surface area contributed by atoms with Crippen LogP contribution in [0, 0.1) is 12.7 Å². The molecule has 0 saturated carbocycles. The summed E-state index contributed by atoms with van der Waals surface area (Å²) < 4.78 is 13.1. The Balaban J connectivity index is 2.23. The Hall–Kier alpha value is -1.88. The van der Waals surface area contributed by atoms with Crippen molar-refractivity contribution in [2.45, 2.75) is 20.3 Å². The number of anilines is 3. The fourth-order valence-corrected chi connectivity index (χ4v) is 1.81. The number of rotatable bonds is 5. The summed E-state index contributed by atoms with van der Waals surface area (Å²) >= 11 is 6.07. The number of hydrogen-bond donors (Lipinski definition) is 2. The van der Waals surface area contributed by atoms with Gasteiger partial charge in [-0.2, -0.15) is 4.98 Å². The summed E-state index contributed by atoms with van der Waals surface area (Å²) in [6.07, 6.45) is 2.51. The Morgan fingerprint density at radius 1 is 1.35 bits per heavy atom. The minimum absolute atomic E-state index is 0.271. The van der Waals surface area contributed by atoms with Crippen molar-refractivity contribution in [3.8, 4) is 0 Å². The number of aromatic nitrogens is 2. The zero-order valence-corrected chi connectivity index (χ0v) is 12.1. The van der Waals surface area contributed by atoms with E-state index in [0.29, 0.717) is 16.8 Å². The first-order chi connectivity index (χ1) is 9.60. The van der Waals surface area contributed by atoms with Gasteiger partial charge in [0.15, 0.2) is 5.82 Å². The molecule has 0 fully saturated rings. The van der Waals surface area contributed by atoms with E-state index in [1.807, 2.05) is 6.92 Å². The molecular formula is C14H16ClFN4. The van der Waals surface area contributed by atoms with E-state index in [2.05, 4.69) is 27.5 Å². The van der Waals surface area contributed by atoms with E-state index in [1.54, 1.807) is 6.07 Å². The SMILES string of the molecule is CCCNc1ncc(Cl)c(Nc2ccc(F)cc2C)n1. The molecule has 0 saturated heterocycles. The van der Waals surface area contributed by atoms with Crippen molar-refractivity contribution in [3.63, 3.8) is 0 Å². The summed E-state index contributed by atoms with van der Waals surface area (Å²) in [6.45, 7) is 4.66. The zero-order valence-electron chi connectivity index (χ0n) is 11.4. The number of hydrogen-bond acceptors (Lipinski definition) is 4. The summed E-state index contributed by atoms with van der Waals surface area (Å²) in [6, 6.07) is 4.50. The van der Waals surface area contributed by atoms with Gasteiger partial charge >= 0.3 is 0 Å². The minimum Gasteiger partial charge on any atom is -0.354 e. The van der Waals surface area contributed by atoms with Crippen molar-refractivity contribution in [1.82, 2.24) is 9.97 Å². The number of aryl methyl sites for hydroxylation is 1. The lowest BCUT2D eigenvalue weighted by Crippen LogP contribution is -2.06. The van der Waals surface area contributed by atoms with E-state index >= 15 is 0 Å². The fraction of sp³-hybridized carbons (Fsp3) is 0.286. The lowest BCUT2D eigenvalue weighted by atomic mass is 10.2. The second-order valence-electron chi connectivity index (χ2n) is 4.40. The normalized spacial score (nSPS) is 10.4. The van der Waals surface area contributed by atoms with Gasteiger partial charge in [0.25, 0.3) is 0 Å². The Kier molecular flexibility index (Phi) is 4.74. The summed E-state index contributed by atoms with van der Waals surface area (Å²) in [5.74, 6) is 0.737. The minimum atomic E-state index is -0.271. The van der Waals surface area contributed by atoms with Crippen molar-refractivity contribution in [3.05, 3.63) is 40.8 Å². The average Bonchev–Trinajstić information content (AvgIpc) is 2.42. The smallest absolute Gasteiger partial charge is 0.224 e. The Bertz CT molecular complexity index is 604. The van der Waals surface area contributed by atoms with E-state index < -0.39 is 0 Å². The third kappa shape index (κ3) is 3.57. The molecule has 1 aromatic carbocycles. The highest BCUT2D eigenvalue weighted by atomic mass is 35.5. The van der Waals surface area contributed by atoms with Crippen molar-refractivity contribution >= 4 is 29.1 Å². The topological polar surface area (TPSA) is 49.8 Å². The van der Waals surface area contributed by atoms with E-state index in [-0.39, 0.29) is 5.82 Å². The third-order valence-electron chi connectivity index (χ3n) is 2.72. The quantitative estimate of drug-likeness (QED) is 0.870. The highest BCUT2D eigenvalue weighted by molar-refractivity contribution is 6.32. The van der Waals surface area contributed by atoms with Crippen molar-refractivity contribution < 1.29 is 4.39 Å². The monoisotopic (exact) mass is 294 g/mol. The molecule has 1 heterocycles. The van der Waals surface area contributed by atoms with Crippen LogP contribution >= 0.6 is 11.6 Å². The molecule has 106 valence electrons.